The average Bonchev–Trinajstić information content (AvgIpc) is 3.03. The summed E-state index contributed by atoms with van der Waals surface area (Å²) < 4.78 is 10.7. The topological polar surface area (TPSA) is 68.2 Å². The molecular formula is C24H26N2O4S. The normalized spacial score (nSPS) is 16.2. The third-order valence-corrected chi connectivity index (χ3v) is 5.59. The molecule has 0 radical (unpaired) electrons. The number of amides is 1. The summed E-state index contributed by atoms with van der Waals surface area (Å²) in [5.74, 6) is 0.311. The van der Waals surface area contributed by atoms with Gasteiger partial charge in [0.15, 0.2) is 5.17 Å². The molecule has 2 aromatic rings. The first-order chi connectivity index (χ1) is 15.0. The molecular weight excluding hydrogens is 412 g/mol. The molecule has 0 N–H and O–H groups in total. The summed E-state index contributed by atoms with van der Waals surface area (Å²) in [6.07, 6.45) is 3.96. The van der Waals surface area contributed by atoms with Crippen molar-refractivity contribution in [2.75, 3.05) is 20.3 Å². The lowest BCUT2D eigenvalue weighted by atomic mass is 10.2. The van der Waals surface area contributed by atoms with Crippen LogP contribution < -0.4 is 4.74 Å². The second-order valence-electron chi connectivity index (χ2n) is 6.91. The highest BCUT2D eigenvalue weighted by Crippen LogP contribution is 2.33. The molecule has 0 atom stereocenters. The summed E-state index contributed by atoms with van der Waals surface area (Å²) in [5, 5.41) is 0.553. The summed E-state index contributed by atoms with van der Waals surface area (Å²) in [4.78, 5) is 31.3. The second-order valence-corrected chi connectivity index (χ2v) is 7.92. The van der Waals surface area contributed by atoms with Crippen LogP contribution in [0.4, 0.5) is 5.69 Å². The van der Waals surface area contributed by atoms with Gasteiger partial charge in [0.1, 0.15) is 5.75 Å². The molecule has 0 unspecified atom stereocenters. The first-order valence-electron chi connectivity index (χ1n) is 10.3. The van der Waals surface area contributed by atoms with Crippen LogP contribution in [0.2, 0.25) is 0 Å². The summed E-state index contributed by atoms with van der Waals surface area (Å²) in [6.45, 7) is 4.90. The Kier molecular flexibility index (Phi) is 7.89. The van der Waals surface area contributed by atoms with Crippen LogP contribution in [-0.2, 0) is 9.53 Å². The molecule has 0 bridgehead atoms. The van der Waals surface area contributed by atoms with Crippen molar-refractivity contribution in [1.29, 1.82) is 0 Å². The van der Waals surface area contributed by atoms with Crippen LogP contribution in [0, 0.1) is 0 Å². The van der Waals surface area contributed by atoms with Crippen molar-refractivity contribution in [3.05, 3.63) is 64.6 Å². The zero-order valence-electron chi connectivity index (χ0n) is 18.0. The van der Waals surface area contributed by atoms with E-state index >= 15 is 0 Å². The van der Waals surface area contributed by atoms with Gasteiger partial charge in [0, 0.05) is 7.05 Å². The molecule has 0 spiro atoms. The minimum Gasteiger partial charge on any atom is -0.494 e. The standard InChI is InChI=1S/C24H26N2O4S/c1-4-6-14-30-20-12-10-17(11-13-20)15-21-22(27)26(3)24(31-21)25-19-9-7-8-18(16-19)23(28)29-5-2/h7-13,15-16H,4-6,14H2,1-3H3. The van der Waals surface area contributed by atoms with Gasteiger partial charge >= 0.3 is 5.97 Å². The van der Waals surface area contributed by atoms with Gasteiger partial charge < -0.3 is 9.47 Å². The number of rotatable bonds is 8. The Bertz CT molecular complexity index is 999. The summed E-state index contributed by atoms with van der Waals surface area (Å²) in [7, 11) is 1.69. The van der Waals surface area contributed by atoms with E-state index in [2.05, 4.69) is 11.9 Å². The quantitative estimate of drug-likeness (QED) is 0.319. The Morgan fingerprint density at radius 3 is 2.65 bits per heavy atom. The van der Waals surface area contributed by atoms with E-state index in [1.165, 1.54) is 16.7 Å². The SMILES string of the molecule is CCCCOc1ccc(C=C2SC(=Nc3cccc(C(=O)OCC)c3)N(C)C2=O)cc1. The van der Waals surface area contributed by atoms with Gasteiger partial charge in [-0.2, -0.15) is 0 Å². The molecule has 31 heavy (non-hydrogen) atoms. The van der Waals surface area contributed by atoms with Crippen LogP contribution >= 0.6 is 11.8 Å². The molecule has 3 rings (SSSR count). The second kappa shape index (κ2) is 10.8. The van der Waals surface area contributed by atoms with Crippen molar-refractivity contribution < 1.29 is 19.1 Å². The van der Waals surface area contributed by atoms with E-state index in [1.807, 2.05) is 30.3 Å². The predicted octanol–water partition coefficient (Wildman–Crippen LogP) is 5.28. The maximum absolute atomic E-state index is 12.7. The number of hydrogen-bond acceptors (Lipinski definition) is 6. The average molecular weight is 439 g/mol. The van der Waals surface area contributed by atoms with Crippen molar-refractivity contribution in [2.45, 2.75) is 26.7 Å². The number of amidine groups is 1. The van der Waals surface area contributed by atoms with E-state index in [1.54, 1.807) is 38.2 Å². The lowest BCUT2D eigenvalue weighted by Gasteiger charge is -2.08. The number of carbonyl (C=O) groups excluding carboxylic acids is 2. The minimum atomic E-state index is -0.393. The molecule has 7 heteroatoms. The molecule has 2 aromatic carbocycles. The van der Waals surface area contributed by atoms with Crippen LogP contribution in [-0.4, -0.2) is 42.2 Å². The van der Waals surface area contributed by atoms with E-state index < -0.39 is 5.97 Å². The van der Waals surface area contributed by atoms with Crippen molar-refractivity contribution in [3.8, 4) is 5.75 Å². The highest BCUT2D eigenvalue weighted by Gasteiger charge is 2.30. The summed E-state index contributed by atoms with van der Waals surface area (Å²) >= 11 is 1.30. The van der Waals surface area contributed by atoms with Crippen LogP contribution in [0.1, 0.15) is 42.6 Å². The van der Waals surface area contributed by atoms with Crippen molar-refractivity contribution >= 4 is 40.6 Å². The smallest absolute Gasteiger partial charge is 0.338 e. The number of thioether (sulfide) groups is 1. The van der Waals surface area contributed by atoms with Gasteiger partial charge in [-0.3, -0.25) is 9.69 Å². The Labute approximate surface area is 187 Å². The van der Waals surface area contributed by atoms with Gasteiger partial charge in [-0.15, -0.1) is 0 Å². The van der Waals surface area contributed by atoms with Gasteiger partial charge in [-0.05, 0) is 67.1 Å². The fourth-order valence-electron chi connectivity index (χ4n) is 2.82. The van der Waals surface area contributed by atoms with Crippen LogP contribution in [0.25, 0.3) is 6.08 Å². The van der Waals surface area contributed by atoms with Gasteiger partial charge in [-0.1, -0.05) is 31.5 Å². The molecule has 1 saturated heterocycles. The lowest BCUT2D eigenvalue weighted by molar-refractivity contribution is -0.121. The summed E-state index contributed by atoms with van der Waals surface area (Å²) in [5.41, 5.74) is 1.93. The van der Waals surface area contributed by atoms with E-state index in [0.29, 0.717) is 34.5 Å². The lowest BCUT2D eigenvalue weighted by Crippen LogP contribution is -2.23. The Morgan fingerprint density at radius 1 is 1.16 bits per heavy atom. The van der Waals surface area contributed by atoms with E-state index in [9.17, 15) is 9.59 Å². The van der Waals surface area contributed by atoms with Crippen molar-refractivity contribution in [1.82, 2.24) is 4.90 Å². The van der Waals surface area contributed by atoms with E-state index in [-0.39, 0.29) is 5.91 Å². The van der Waals surface area contributed by atoms with Gasteiger partial charge in [0.05, 0.1) is 29.4 Å². The van der Waals surface area contributed by atoms with Crippen LogP contribution in [0.5, 0.6) is 5.75 Å². The number of ether oxygens (including phenoxy) is 2. The fraction of sp³-hybridized carbons (Fsp3) is 0.292. The molecule has 1 aliphatic rings. The molecule has 6 nitrogen and oxygen atoms in total. The number of likely N-dealkylation sites (N-methyl/N-ethyl adjacent to an activating group) is 1. The molecule has 1 amide bonds. The zero-order chi connectivity index (χ0) is 22.2. The summed E-state index contributed by atoms with van der Waals surface area (Å²) in [6, 6.07) is 14.5. The van der Waals surface area contributed by atoms with E-state index in [4.69, 9.17) is 9.47 Å². The van der Waals surface area contributed by atoms with Crippen LogP contribution in [0.3, 0.4) is 0 Å². The Balaban J connectivity index is 1.74. The molecule has 0 aliphatic carbocycles. The predicted molar refractivity (Wildman–Crippen MR) is 125 cm³/mol. The number of aliphatic imine (C=N–C) groups is 1. The fourth-order valence-corrected chi connectivity index (χ4v) is 3.81. The van der Waals surface area contributed by atoms with Gasteiger partial charge in [0.2, 0.25) is 0 Å². The van der Waals surface area contributed by atoms with Crippen LogP contribution in [0.15, 0.2) is 58.4 Å². The van der Waals surface area contributed by atoms with Gasteiger partial charge in [0.25, 0.3) is 5.91 Å². The zero-order valence-corrected chi connectivity index (χ0v) is 18.8. The molecule has 0 saturated carbocycles. The number of hydrogen-bond donors (Lipinski definition) is 0. The Hall–Kier alpha value is -3.06. The molecule has 1 fully saturated rings. The van der Waals surface area contributed by atoms with Crippen molar-refractivity contribution in [3.63, 3.8) is 0 Å². The number of unbranched alkanes of at least 4 members (excludes halogenated alkanes) is 1. The van der Waals surface area contributed by atoms with E-state index in [0.717, 1.165) is 24.2 Å². The maximum atomic E-state index is 12.7. The number of esters is 1. The highest BCUT2D eigenvalue weighted by atomic mass is 32.2. The van der Waals surface area contributed by atoms with Crippen molar-refractivity contribution in [2.24, 2.45) is 4.99 Å². The first kappa shape index (κ1) is 22.6. The monoisotopic (exact) mass is 438 g/mol. The molecule has 1 heterocycles. The third-order valence-electron chi connectivity index (χ3n) is 4.53. The Morgan fingerprint density at radius 2 is 1.94 bits per heavy atom. The highest BCUT2D eigenvalue weighted by molar-refractivity contribution is 8.18. The number of benzene rings is 2. The minimum absolute atomic E-state index is 0.117. The molecule has 1 aliphatic heterocycles. The maximum Gasteiger partial charge on any atom is 0.338 e. The third kappa shape index (κ3) is 5.98. The number of nitrogens with zero attached hydrogens (tertiary/aromatic N) is 2. The first-order valence-corrected chi connectivity index (χ1v) is 11.1. The van der Waals surface area contributed by atoms with Gasteiger partial charge in [-0.25, -0.2) is 9.79 Å². The largest absolute Gasteiger partial charge is 0.494 e. The molecule has 0 aromatic heterocycles. The molecule has 162 valence electrons. The number of carbonyl (C=O) groups is 2.